The monoisotopic (exact) mass is 258 g/mol. The third-order valence-electron chi connectivity index (χ3n) is 3.38. The predicted molar refractivity (Wildman–Crippen MR) is 73.5 cm³/mol. The molecular formula is C14H18N4O. The molecule has 0 heterocycles. The van der Waals surface area contributed by atoms with Gasteiger partial charge in [0.2, 0.25) is 0 Å². The van der Waals surface area contributed by atoms with Crippen molar-refractivity contribution in [1.29, 1.82) is 5.26 Å². The molecule has 1 aliphatic carbocycles. The molecule has 100 valence electrons. The summed E-state index contributed by atoms with van der Waals surface area (Å²) in [6.07, 6.45) is 3.79. The zero-order chi connectivity index (χ0) is 13.7. The van der Waals surface area contributed by atoms with Crippen LogP contribution in [0.15, 0.2) is 24.3 Å². The Bertz CT molecular complexity index is 469. The summed E-state index contributed by atoms with van der Waals surface area (Å²) in [5.41, 5.74) is 7.08. The fourth-order valence-corrected chi connectivity index (χ4v) is 2.24. The molecule has 0 atom stereocenters. The Morgan fingerprint density at radius 1 is 1.21 bits per heavy atom. The molecule has 19 heavy (non-hydrogen) atoms. The molecule has 2 rings (SSSR count). The Hall–Kier alpha value is -2.06. The van der Waals surface area contributed by atoms with E-state index < -0.39 is 0 Å². The lowest BCUT2D eigenvalue weighted by Gasteiger charge is -2.26. The minimum absolute atomic E-state index is 0.204. The topological polar surface area (TPSA) is 90.9 Å². The molecule has 4 N–H and O–H groups in total. The first kappa shape index (κ1) is 13.4. The number of carbonyl (C=O) groups excluding carboxylic acids is 1. The van der Waals surface area contributed by atoms with Crippen LogP contribution in [0.3, 0.4) is 0 Å². The number of benzene rings is 1. The number of hydrogen-bond acceptors (Lipinski definition) is 3. The van der Waals surface area contributed by atoms with Crippen LogP contribution in [0.5, 0.6) is 0 Å². The Morgan fingerprint density at radius 3 is 2.42 bits per heavy atom. The fraction of sp³-hybridized carbons (Fsp3) is 0.429. The summed E-state index contributed by atoms with van der Waals surface area (Å²) >= 11 is 0. The van der Waals surface area contributed by atoms with Gasteiger partial charge in [0.05, 0.1) is 11.6 Å². The molecule has 0 spiro atoms. The third kappa shape index (κ3) is 3.97. The van der Waals surface area contributed by atoms with Crippen LogP contribution in [-0.4, -0.2) is 18.1 Å². The molecular weight excluding hydrogens is 240 g/mol. The molecule has 1 fully saturated rings. The molecule has 1 aromatic rings. The zero-order valence-corrected chi connectivity index (χ0v) is 10.7. The van der Waals surface area contributed by atoms with Gasteiger partial charge in [0.15, 0.2) is 0 Å². The Morgan fingerprint density at radius 2 is 1.84 bits per heavy atom. The summed E-state index contributed by atoms with van der Waals surface area (Å²) in [6, 6.07) is 9.10. The van der Waals surface area contributed by atoms with Crippen molar-refractivity contribution >= 4 is 11.7 Å². The number of urea groups is 1. The average molecular weight is 258 g/mol. The lowest BCUT2D eigenvalue weighted by molar-refractivity contribution is 0.242. The van der Waals surface area contributed by atoms with Crippen LogP contribution < -0.4 is 16.4 Å². The maximum absolute atomic E-state index is 11.8. The van der Waals surface area contributed by atoms with Gasteiger partial charge in [-0.15, -0.1) is 0 Å². The number of rotatable bonds is 2. The Labute approximate surface area is 112 Å². The van der Waals surface area contributed by atoms with Gasteiger partial charge in [0, 0.05) is 17.8 Å². The summed E-state index contributed by atoms with van der Waals surface area (Å²) in [5.74, 6) is 0. The van der Waals surface area contributed by atoms with Gasteiger partial charge in [-0.1, -0.05) is 0 Å². The first-order valence-electron chi connectivity index (χ1n) is 6.50. The normalized spacial score (nSPS) is 22.3. The third-order valence-corrected chi connectivity index (χ3v) is 3.38. The van der Waals surface area contributed by atoms with E-state index in [1.54, 1.807) is 24.3 Å². The number of nitrogens with zero attached hydrogens (tertiary/aromatic N) is 1. The first-order chi connectivity index (χ1) is 9.17. The summed E-state index contributed by atoms with van der Waals surface area (Å²) in [7, 11) is 0. The average Bonchev–Trinajstić information content (AvgIpc) is 2.42. The minimum Gasteiger partial charge on any atom is -0.335 e. The summed E-state index contributed by atoms with van der Waals surface area (Å²) in [6.45, 7) is 0. The number of nitrogens with two attached hydrogens (primary N) is 1. The maximum Gasteiger partial charge on any atom is 0.319 e. The lowest BCUT2D eigenvalue weighted by atomic mass is 9.92. The van der Waals surface area contributed by atoms with Crippen LogP contribution in [0.4, 0.5) is 10.5 Å². The highest BCUT2D eigenvalue weighted by Gasteiger charge is 2.19. The summed E-state index contributed by atoms with van der Waals surface area (Å²) < 4.78 is 0. The van der Waals surface area contributed by atoms with E-state index >= 15 is 0 Å². The molecule has 0 radical (unpaired) electrons. The van der Waals surface area contributed by atoms with Gasteiger partial charge in [0.1, 0.15) is 0 Å². The van der Waals surface area contributed by atoms with E-state index in [0.717, 1.165) is 25.7 Å². The Kier molecular flexibility index (Phi) is 4.37. The van der Waals surface area contributed by atoms with Crippen molar-refractivity contribution in [3.05, 3.63) is 29.8 Å². The van der Waals surface area contributed by atoms with Crippen LogP contribution in [0.1, 0.15) is 31.2 Å². The van der Waals surface area contributed by atoms with Crippen LogP contribution in [0.2, 0.25) is 0 Å². The number of anilines is 1. The largest absolute Gasteiger partial charge is 0.335 e. The molecule has 0 unspecified atom stereocenters. The van der Waals surface area contributed by atoms with Gasteiger partial charge >= 0.3 is 6.03 Å². The van der Waals surface area contributed by atoms with Crippen molar-refractivity contribution in [2.75, 3.05) is 5.32 Å². The van der Waals surface area contributed by atoms with Crippen LogP contribution in [-0.2, 0) is 0 Å². The smallest absolute Gasteiger partial charge is 0.319 e. The van der Waals surface area contributed by atoms with Crippen molar-refractivity contribution in [2.24, 2.45) is 5.73 Å². The number of carbonyl (C=O) groups is 1. The number of nitrogens with one attached hydrogen (secondary N) is 2. The van der Waals surface area contributed by atoms with E-state index in [4.69, 9.17) is 11.0 Å². The molecule has 0 aliphatic heterocycles. The fourth-order valence-electron chi connectivity index (χ4n) is 2.24. The van der Waals surface area contributed by atoms with Gasteiger partial charge in [-0.05, 0) is 49.9 Å². The highest BCUT2D eigenvalue weighted by atomic mass is 16.2. The maximum atomic E-state index is 11.8. The van der Waals surface area contributed by atoms with Gasteiger partial charge in [-0.3, -0.25) is 0 Å². The van der Waals surface area contributed by atoms with E-state index in [1.807, 2.05) is 6.07 Å². The van der Waals surface area contributed by atoms with E-state index in [1.165, 1.54) is 0 Å². The minimum atomic E-state index is -0.204. The lowest BCUT2D eigenvalue weighted by Crippen LogP contribution is -2.42. The second-order valence-electron chi connectivity index (χ2n) is 4.90. The van der Waals surface area contributed by atoms with Crippen molar-refractivity contribution in [2.45, 2.75) is 37.8 Å². The Balaban J connectivity index is 1.82. The van der Waals surface area contributed by atoms with Gasteiger partial charge in [0.25, 0.3) is 0 Å². The van der Waals surface area contributed by atoms with Gasteiger partial charge in [-0.25, -0.2) is 4.79 Å². The molecule has 0 bridgehead atoms. The van der Waals surface area contributed by atoms with Crippen molar-refractivity contribution in [3.8, 4) is 6.07 Å². The van der Waals surface area contributed by atoms with E-state index in [0.29, 0.717) is 11.3 Å². The molecule has 5 nitrogen and oxygen atoms in total. The van der Waals surface area contributed by atoms with Crippen LogP contribution in [0.25, 0.3) is 0 Å². The molecule has 1 saturated carbocycles. The second-order valence-corrected chi connectivity index (χ2v) is 4.90. The number of hydrogen-bond donors (Lipinski definition) is 3. The van der Waals surface area contributed by atoms with Crippen molar-refractivity contribution in [1.82, 2.24) is 5.32 Å². The van der Waals surface area contributed by atoms with E-state index in [2.05, 4.69) is 10.6 Å². The van der Waals surface area contributed by atoms with Gasteiger partial charge < -0.3 is 16.4 Å². The SMILES string of the molecule is N#Cc1ccc(NC(=O)NC2CCC(N)CC2)cc1. The number of nitriles is 1. The van der Waals surface area contributed by atoms with Gasteiger partial charge in [-0.2, -0.15) is 5.26 Å². The number of amides is 2. The molecule has 1 aliphatic rings. The van der Waals surface area contributed by atoms with Crippen molar-refractivity contribution < 1.29 is 4.79 Å². The first-order valence-corrected chi connectivity index (χ1v) is 6.50. The highest BCUT2D eigenvalue weighted by molar-refractivity contribution is 5.89. The standard InChI is InChI=1S/C14H18N4O/c15-9-10-1-5-12(6-2-10)17-14(19)18-13-7-3-11(16)4-8-13/h1-2,5-6,11,13H,3-4,7-8,16H2,(H2,17,18,19). The second kappa shape index (κ2) is 6.21. The molecule has 2 amide bonds. The predicted octanol–water partition coefficient (Wildman–Crippen LogP) is 1.95. The molecule has 5 heteroatoms. The van der Waals surface area contributed by atoms with E-state index in [9.17, 15) is 4.79 Å². The van der Waals surface area contributed by atoms with Crippen LogP contribution in [0, 0.1) is 11.3 Å². The molecule has 0 aromatic heterocycles. The van der Waals surface area contributed by atoms with Crippen molar-refractivity contribution in [3.63, 3.8) is 0 Å². The zero-order valence-electron chi connectivity index (χ0n) is 10.7. The van der Waals surface area contributed by atoms with Crippen LogP contribution >= 0.6 is 0 Å². The highest BCUT2D eigenvalue weighted by Crippen LogP contribution is 2.17. The summed E-state index contributed by atoms with van der Waals surface area (Å²) in [4.78, 5) is 11.8. The quantitative estimate of drug-likeness (QED) is 0.757. The van der Waals surface area contributed by atoms with E-state index in [-0.39, 0.29) is 18.1 Å². The molecule has 1 aromatic carbocycles. The molecule has 0 saturated heterocycles. The summed E-state index contributed by atoms with van der Waals surface area (Å²) in [5, 5.41) is 14.4.